The van der Waals surface area contributed by atoms with Crippen molar-refractivity contribution < 1.29 is 13.2 Å². The van der Waals surface area contributed by atoms with Crippen molar-refractivity contribution in [3.05, 3.63) is 93.4 Å². The molecule has 0 fully saturated rings. The monoisotopic (exact) mass is 470 g/mol. The van der Waals surface area contributed by atoms with E-state index in [1.54, 1.807) is 37.4 Å². The molecular formula is C22H19ClN4O4S. The van der Waals surface area contributed by atoms with Gasteiger partial charge < -0.3 is 14.9 Å². The number of nitrogens with one attached hydrogen (secondary N) is 3. The van der Waals surface area contributed by atoms with Gasteiger partial charge in [0.1, 0.15) is 0 Å². The zero-order valence-corrected chi connectivity index (χ0v) is 18.5. The third-order valence-corrected chi connectivity index (χ3v) is 6.49. The molecule has 4 rings (SSSR count). The van der Waals surface area contributed by atoms with E-state index in [4.69, 9.17) is 11.6 Å². The highest BCUT2D eigenvalue weighted by atomic mass is 35.5. The molecule has 4 aromatic rings. The van der Waals surface area contributed by atoms with Crippen LogP contribution >= 0.6 is 11.6 Å². The maximum Gasteiger partial charge on any atom is 0.323 e. The minimum Gasteiger partial charge on any atom is -0.337 e. The molecule has 0 saturated carbocycles. The first-order valence-corrected chi connectivity index (χ1v) is 11.4. The number of amides is 1. The minimum absolute atomic E-state index is 0.0444. The molecule has 0 saturated heterocycles. The number of hydrogen-bond acceptors (Lipinski definition) is 4. The number of imidazole rings is 1. The molecule has 0 bridgehead atoms. The van der Waals surface area contributed by atoms with Crippen molar-refractivity contribution >= 4 is 44.3 Å². The van der Waals surface area contributed by atoms with Crippen LogP contribution in [0.4, 0.5) is 5.69 Å². The Morgan fingerprint density at radius 2 is 1.69 bits per heavy atom. The summed E-state index contributed by atoms with van der Waals surface area (Å²) in [5.74, 6) is -0.344. The van der Waals surface area contributed by atoms with Gasteiger partial charge in [-0.25, -0.2) is 13.2 Å². The molecule has 0 atom stereocenters. The summed E-state index contributed by atoms with van der Waals surface area (Å²) in [6.07, 6.45) is 0. The van der Waals surface area contributed by atoms with E-state index in [-0.39, 0.29) is 22.1 Å². The number of anilines is 1. The normalized spacial score (nSPS) is 11.4. The molecule has 164 valence electrons. The summed E-state index contributed by atoms with van der Waals surface area (Å²) in [5, 5.41) is 0.601. The maximum absolute atomic E-state index is 13.1. The summed E-state index contributed by atoms with van der Waals surface area (Å²) in [4.78, 5) is 31.0. The van der Waals surface area contributed by atoms with Crippen LogP contribution in [0.3, 0.4) is 0 Å². The number of aromatic amines is 2. The quantitative estimate of drug-likeness (QED) is 0.399. The minimum atomic E-state index is -4.01. The summed E-state index contributed by atoms with van der Waals surface area (Å²) in [6, 6.07) is 17.8. The van der Waals surface area contributed by atoms with E-state index in [2.05, 4.69) is 14.7 Å². The first-order chi connectivity index (χ1) is 15.2. The lowest BCUT2D eigenvalue weighted by molar-refractivity contribution is 0.0786. The number of carbonyl (C=O) groups is 1. The van der Waals surface area contributed by atoms with Crippen molar-refractivity contribution in [3.8, 4) is 0 Å². The Hall–Kier alpha value is -3.56. The highest BCUT2D eigenvalue weighted by Gasteiger charge is 2.21. The molecule has 3 aromatic carbocycles. The van der Waals surface area contributed by atoms with Crippen molar-refractivity contribution in [3.63, 3.8) is 0 Å². The molecule has 32 heavy (non-hydrogen) atoms. The van der Waals surface area contributed by atoms with Crippen molar-refractivity contribution in [1.82, 2.24) is 14.9 Å². The highest BCUT2D eigenvalue weighted by molar-refractivity contribution is 7.92. The van der Waals surface area contributed by atoms with Crippen LogP contribution in [0.5, 0.6) is 0 Å². The predicted octanol–water partition coefficient (Wildman–Crippen LogP) is 3.58. The first-order valence-electron chi connectivity index (χ1n) is 9.57. The van der Waals surface area contributed by atoms with Crippen LogP contribution < -0.4 is 10.4 Å². The van der Waals surface area contributed by atoms with E-state index in [0.29, 0.717) is 22.6 Å². The number of H-pyrrole nitrogens is 2. The Labute approximate surface area is 188 Å². The van der Waals surface area contributed by atoms with Crippen LogP contribution in [0.15, 0.2) is 76.4 Å². The third-order valence-electron chi connectivity index (χ3n) is 4.88. The van der Waals surface area contributed by atoms with Gasteiger partial charge in [0.05, 0.1) is 27.2 Å². The number of benzene rings is 3. The second kappa shape index (κ2) is 8.52. The number of nitrogens with zero attached hydrogens (tertiary/aromatic N) is 1. The van der Waals surface area contributed by atoms with Gasteiger partial charge in [0.15, 0.2) is 0 Å². The van der Waals surface area contributed by atoms with E-state index in [1.165, 1.54) is 29.2 Å². The Balaban J connectivity index is 1.59. The molecule has 10 heteroatoms. The second-order valence-corrected chi connectivity index (χ2v) is 9.34. The molecule has 0 spiro atoms. The molecule has 1 aromatic heterocycles. The maximum atomic E-state index is 13.1. The fourth-order valence-electron chi connectivity index (χ4n) is 3.28. The van der Waals surface area contributed by atoms with Gasteiger partial charge in [-0.15, -0.1) is 0 Å². The fraction of sp³-hybridized carbons (Fsp3) is 0.0909. The summed E-state index contributed by atoms with van der Waals surface area (Å²) in [6.45, 7) is 0.328. The largest absolute Gasteiger partial charge is 0.337 e. The molecule has 0 aliphatic rings. The highest BCUT2D eigenvalue weighted by Crippen LogP contribution is 2.23. The van der Waals surface area contributed by atoms with Crippen LogP contribution in [0.25, 0.3) is 11.0 Å². The van der Waals surface area contributed by atoms with Crippen molar-refractivity contribution in [2.45, 2.75) is 11.4 Å². The Morgan fingerprint density at radius 1 is 1.00 bits per heavy atom. The SMILES string of the molecule is CN(Cc1ccc(Cl)cc1)C(=O)c1ccccc1NS(=O)(=O)c1ccc2[nH]c(=O)[nH]c2c1. The predicted molar refractivity (Wildman–Crippen MR) is 123 cm³/mol. The summed E-state index contributed by atoms with van der Waals surface area (Å²) in [5.41, 5.74) is 1.68. The number of aromatic nitrogens is 2. The van der Waals surface area contributed by atoms with Gasteiger partial charge in [0.25, 0.3) is 15.9 Å². The zero-order valence-electron chi connectivity index (χ0n) is 16.9. The van der Waals surface area contributed by atoms with Gasteiger partial charge in [-0.1, -0.05) is 35.9 Å². The van der Waals surface area contributed by atoms with Crippen LogP contribution in [0.2, 0.25) is 5.02 Å². The lowest BCUT2D eigenvalue weighted by Gasteiger charge is -2.20. The van der Waals surface area contributed by atoms with Gasteiger partial charge in [0.2, 0.25) is 0 Å². The molecule has 1 heterocycles. The number of sulfonamides is 1. The molecular weight excluding hydrogens is 452 g/mol. The van der Waals surface area contributed by atoms with Gasteiger partial charge in [-0.2, -0.15) is 0 Å². The van der Waals surface area contributed by atoms with Crippen molar-refractivity contribution in [1.29, 1.82) is 0 Å². The fourth-order valence-corrected chi connectivity index (χ4v) is 4.51. The van der Waals surface area contributed by atoms with E-state index in [0.717, 1.165) is 5.56 Å². The molecule has 1 amide bonds. The van der Waals surface area contributed by atoms with E-state index < -0.39 is 15.7 Å². The average Bonchev–Trinajstić information content (AvgIpc) is 3.14. The summed E-state index contributed by atoms with van der Waals surface area (Å²) in [7, 11) is -2.37. The molecule has 3 N–H and O–H groups in total. The molecule has 0 unspecified atom stereocenters. The van der Waals surface area contributed by atoms with Gasteiger partial charge in [0, 0.05) is 18.6 Å². The van der Waals surface area contributed by atoms with Crippen LogP contribution in [-0.4, -0.2) is 36.2 Å². The van der Waals surface area contributed by atoms with E-state index in [9.17, 15) is 18.0 Å². The lowest BCUT2D eigenvalue weighted by Crippen LogP contribution is -2.27. The molecule has 0 aliphatic carbocycles. The molecule has 0 radical (unpaired) electrons. The number of rotatable bonds is 6. The summed E-state index contributed by atoms with van der Waals surface area (Å²) >= 11 is 5.91. The zero-order chi connectivity index (χ0) is 22.9. The molecule has 8 nitrogen and oxygen atoms in total. The Bertz CT molecular complexity index is 1460. The van der Waals surface area contributed by atoms with Gasteiger partial charge in [-0.05, 0) is 48.0 Å². The Morgan fingerprint density at radius 3 is 2.44 bits per heavy atom. The number of hydrogen-bond donors (Lipinski definition) is 3. The summed E-state index contributed by atoms with van der Waals surface area (Å²) < 4.78 is 28.4. The van der Waals surface area contributed by atoms with E-state index >= 15 is 0 Å². The molecule has 0 aliphatic heterocycles. The lowest BCUT2D eigenvalue weighted by atomic mass is 10.1. The number of fused-ring (bicyclic) bond motifs is 1. The van der Waals surface area contributed by atoms with Crippen LogP contribution in [0, 0.1) is 0 Å². The van der Waals surface area contributed by atoms with Crippen molar-refractivity contribution in [2.24, 2.45) is 0 Å². The smallest absolute Gasteiger partial charge is 0.323 e. The average molecular weight is 471 g/mol. The standard InChI is InChI=1S/C22H19ClN4O4S/c1-27(13-14-6-8-15(23)9-7-14)21(28)17-4-2-3-5-18(17)26-32(30,31)16-10-11-19-20(12-16)25-22(29)24-19/h2-12,26H,13H2,1H3,(H2,24,25,29). The second-order valence-electron chi connectivity index (χ2n) is 7.23. The van der Waals surface area contributed by atoms with Gasteiger partial charge in [-0.3, -0.25) is 9.52 Å². The van der Waals surface area contributed by atoms with E-state index in [1.807, 2.05) is 12.1 Å². The van der Waals surface area contributed by atoms with Crippen molar-refractivity contribution in [2.75, 3.05) is 11.8 Å². The first kappa shape index (κ1) is 21.7. The van der Waals surface area contributed by atoms with Crippen LogP contribution in [0.1, 0.15) is 15.9 Å². The number of carbonyl (C=O) groups excluding carboxylic acids is 1. The topological polar surface area (TPSA) is 115 Å². The number of para-hydroxylation sites is 1. The van der Waals surface area contributed by atoms with Gasteiger partial charge >= 0.3 is 5.69 Å². The Kier molecular flexibility index (Phi) is 5.77. The third kappa shape index (κ3) is 4.53. The van der Waals surface area contributed by atoms with Crippen LogP contribution in [-0.2, 0) is 16.6 Å². The number of halogens is 1.